The van der Waals surface area contributed by atoms with Gasteiger partial charge in [0.15, 0.2) is 0 Å². The molecule has 2 aliphatic carbocycles. The van der Waals surface area contributed by atoms with Crippen LogP contribution in [0.25, 0.3) is 11.1 Å². The SMILES string of the molecule is CC(NC(=O)OCC1c2ccccc2-c2ccccc21)(C(=O)N1CCCCCC1C(=O)O)C1CC1. The zero-order valence-electron chi connectivity index (χ0n) is 20.0. The number of alkyl carbamates (subject to hydrolysis) is 1. The van der Waals surface area contributed by atoms with Crippen molar-refractivity contribution in [3.8, 4) is 11.1 Å². The number of fused-ring (bicyclic) bond motifs is 3. The summed E-state index contributed by atoms with van der Waals surface area (Å²) in [6.45, 7) is 2.28. The Morgan fingerprint density at radius 1 is 0.971 bits per heavy atom. The molecule has 0 radical (unpaired) electrons. The number of ether oxygens (including phenoxy) is 1. The third-order valence-electron chi connectivity index (χ3n) is 7.84. The smallest absolute Gasteiger partial charge is 0.408 e. The number of nitrogens with one attached hydrogen (secondary N) is 1. The Morgan fingerprint density at radius 2 is 1.60 bits per heavy atom. The van der Waals surface area contributed by atoms with Crippen LogP contribution in [0.15, 0.2) is 48.5 Å². The fourth-order valence-electron chi connectivity index (χ4n) is 5.74. The molecule has 7 heteroatoms. The van der Waals surface area contributed by atoms with Crippen LogP contribution in [0, 0.1) is 5.92 Å². The molecule has 1 saturated heterocycles. The van der Waals surface area contributed by atoms with Gasteiger partial charge in [-0.25, -0.2) is 9.59 Å². The van der Waals surface area contributed by atoms with E-state index in [0.717, 1.165) is 54.4 Å². The van der Waals surface area contributed by atoms with Crippen LogP contribution < -0.4 is 5.32 Å². The van der Waals surface area contributed by atoms with E-state index in [0.29, 0.717) is 13.0 Å². The summed E-state index contributed by atoms with van der Waals surface area (Å²) in [5, 5.41) is 12.6. The third kappa shape index (κ3) is 4.40. The molecule has 0 aromatic heterocycles. The van der Waals surface area contributed by atoms with Crippen LogP contribution in [0.2, 0.25) is 0 Å². The number of aliphatic carboxylic acids is 1. The van der Waals surface area contributed by atoms with Crippen molar-refractivity contribution in [3.63, 3.8) is 0 Å². The highest BCUT2D eigenvalue weighted by Gasteiger charge is 2.52. The standard InChI is InChI=1S/C28H32N2O5/c1-28(18-14-15-18,26(33)30-16-8-2-3-13-24(30)25(31)32)29-27(34)35-17-23-21-11-6-4-9-19(21)20-10-5-7-12-22(20)23/h4-7,9-12,18,23-24H,2-3,8,13-17H2,1H3,(H,29,34)(H,31,32). The van der Waals surface area contributed by atoms with Crippen LogP contribution in [0.4, 0.5) is 4.79 Å². The van der Waals surface area contributed by atoms with E-state index in [1.54, 1.807) is 6.92 Å². The minimum absolute atomic E-state index is 0.0202. The monoisotopic (exact) mass is 476 g/mol. The first-order valence-electron chi connectivity index (χ1n) is 12.6. The summed E-state index contributed by atoms with van der Waals surface area (Å²) < 4.78 is 5.71. The number of likely N-dealkylation sites (tertiary alicyclic amines) is 1. The van der Waals surface area contributed by atoms with Crippen molar-refractivity contribution in [1.29, 1.82) is 0 Å². The lowest BCUT2D eigenvalue weighted by Gasteiger charge is -2.37. The number of carboxylic acid groups (broad SMARTS) is 1. The summed E-state index contributed by atoms with van der Waals surface area (Å²) in [5.41, 5.74) is 3.36. The number of carbonyl (C=O) groups excluding carboxylic acids is 2. The largest absolute Gasteiger partial charge is 0.480 e. The van der Waals surface area contributed by atoms with Gasteiger partial charge in [-0.15, -0.1) is 0 Å². The summed E-state index contributed by atoms with van der Waals surface area (Å²) in [6, 6.07) is 15.4. The first-order chi connectivity index (χ1) is 16.9. The number of carbonyl (C=O) groups is 3. The fraction of sp³-hybridized carbons (Fsp3) is 0.464. The maximum absolute atomic E-state index is 13.7. The van der Waals surface area contributed by atoms with E-state index in [4.69, 9.17) is 4.74 Å². The van der Waals surface area contributed by atoms with Crippen LogP contribution >= 0.6 is 0 Å². The maximum atomic E-state index is 13.7. The van der Waals surface area contributed by atoms with Crippen molar-refractivity contribution < 1.29 is 24.2 Å². The third-order valence-corrected chi connectivity index (χ3v) is 7.84. The lowest BCUT2D eigenvalue weighted by molar-refractivity contribution is -0.153. The molecule has 0 bridgehead atoms. The predicted molar refractivity (Wildman–Crippen MR) is 131 cm³/mol. The van der Waals surface area contributed by atoms with Gasteiger partial charge in [-0.05, 0) is 60.8 Å². The van der Waals surface area contributed by atoms with E-state index < -0.39 is 23.6 Å². The quantitative estimate of drug-likeness (QED) is 0.638. The van der Waals surface area contributed by atoms with E-state index in [-0.39, 0.29) is 24.3 Å². The normalized spacial score (nSPS) is 21.3. The van der Waals surface area contributed by atoms with Crippen LogP contribution in [-0.4, -0.2) is 52.7 Å². The summed E-state index contributed by atoms with van der Waals surface area (Å²) in [7, 11) is 0. The number of hydrogen-bond donors (Lipinski definition) is 2. The first kappa shape index (κ1) is 23.4. The molecule has 7 nitrogen and oxygen atoms in total. The topological polar surface area (TPSA) is 95.9 Å². The molecule has 2 aromatic carbocycles. The molecule has 1 heterocycles. The van der Waals surface area contributed by atoms with Crippen LogP contribution in [0.3, 0.4) is 0 Å². The van der Waals surface area contributed by atoms with Gasteiger partial charge in [0.2, 0.25) is 5.91 Å². The predicted octanol–water partition coefficient (Wildman–Crippen LogP) is 4.55. The van der Waals surface area contributed by atoms with Gasteiger partial charge in [-0.3, -0.25) is 4.79 Å². The minimum Gasteiger partial charge on any atom is -0.480 e. The van der Waals surface area contributed by atoms with E-state index >= 15 is 0 Å². The molecule has 2 aromatic rings. The van der Waals surface area contributed by atoms with Gasteiger partial charge in [0.25, 0.3) is 0 Å². The number of rotatable bonds is 6. The Morgan fingerprint density at radius 3 is 2.20 bits per heavy atom. The molecule has 2 amide bonds. The molecule has 5 rings (SSSR count). The number of benzene rings is 2. The molecule has 0 spiro atoms. The molecule has 2 N–H and O–H groups in total. The van der Waals surface area contributed by atoms with Crippen molar-refractivity contribution in [1.82, 2.24) is 10.2 Å². The Hall–Kier alpha value is -3.35. The average Bonchev–Trinajstić information content (AvgIpc) is 3.69. The molecular weight excluding hydrogens is 444 g/mol. The second-order valence-corrected chi connectivity index (χ2v) is 10.1. The molecule has 184 valence electrons. The molecule has 3 aliphatic rings. The van der Waals surface area contributed by atoms with Crippen molar-refractivity contribution in [3.05, 3.63) is 59.7 Å². The van der Waals surface area contributed by atoms with Gasteiger partial charge in [0.05, 0.1) is 0 Å². The van der Waals surface area contributed by atoms with E-state index in [1.165, 1.54) is 4.90 Å². The van der Waals surface area contributed by atoms with Gasteiger partial charge in [-0.1, -0.05) is 61.4 Å². The zero-order valence-corrected chi connectivity index (χ0v) is 20.0. The lowest BCUT2D eigenvalue weighted by Crippen LogP contribution is -2.62. The van der Waals surface area contributed by atoms with Crippen molar-refractivity contribution in [2.24, 2.45) is 5.92 Å². The van der Waals surface area contributed by atoms with Crippen molar-refractivity contribution in [2.45, 2.75) is 62.9 Å². The van der Waals surface area contributed by atoms with E-state index in [1.807, 2.05) is 24.3 Å². The second kappa shape index (κ2) is 9.36. The molecule has 2 fully saturated rings. The Kier molecular flexibility index (Phi) is 6.26. The number of nitrogens with zero attached hydrogens (tertiary/aromatic N) is 1. The van der Waals surface area contributed by atoms with Gasteiger partial charge >= 0.3 is 12.1 Å². The van der Waals surface area contributed by atoms with Crippen LogP contribution in [-0.2, 0) is 14.3 Å². The van der Waals surface area contributed by atoms with E-state index in [9.17, 15) is 19.5 Å². The summed E-state index contributed by atoms with van der Waals surface area (Å²) in [6.07, 6.45) is 3.87. The highest BCUT2D eigenvalue weighted by Crippen LogP contribution is 2.45. The lowest BCUT2D eigenvalue weighted by atomic mass is 9.92. The Labute approximate surface area is 205 Å². The molecule has 2 atom stereocenters. The van der Waals surface area contributed by atoms with Gasteiger partial charge in [0, 0.05) is 12.5 Å². The van der Waals surface area contributed by atoms with Crippen molar-refractivity contribution >= 4 is 18.0 Å². The molecular formula is C28H32N2O5. The molecule has 2 unspecified atom stereocenters. The average molecular weight is 477 g/mol. The number of carboxylic acids is 1. The Bertz CT molecular complexity index is 1100. The van der Waals surface area contributed by atoms with E-state index in [2.05, 4.69) is 29.6 Å². The van der Waals surface area contributed by atoms with Crippen molar-refractivity contribution in [2.75, 3.05) is 13.2 Å². The zero-order chi connectivity index (χ0) is 24.6. The second-order valence-electron chi connectivity index (χ2n) is 10.1. The molecule has 35 heavy (non-hydrogen) atoms. The fourth-order valence-corrected chi connectivity index (χ4v) is 5.74. The highest BCUT2D eigenvalue weighted by molar-refractivity contribution is 5.93. The minimum atomic E-state index is -1.18. The number of hydrogen-bond acceptors (Lipinski definition) is 4. The summed E-state index contributed by atoms with van der Waals surface area (Å²) in [5.74, 6) is -1.39. The summed E-state index contributed by atoms with van der Waals surface area (Å²) >= 11 is 0. The van der Waals surface area contributed by atoms with Crippen LogP contribution in [0.5, 0.6) is 0 Å². The molecule has 1 saturated carbocycles. The summed E-state index contributed by atoms with van der Waals surface area (Å²) in [4.78, 5) is 40.1. The van der Waals surface area contributed by atoms with Crippen LogP contribution in [0.1, 0.15) is 62.5 Å². The first-order valence-corrected chi connectivity index (χ1v) is 12.6. The van der Waals surface area contributed by atoms with Gasteiger partial charge in [-0.2, -0.15) is 0 Å². The molecule has 1 aliphatic heterocycles. The Balaban J connectivity index is 1.31. The maximum Gasteiger partial charge on any atom is 0.408 e. The highest BCUT2D eigenvalue weighted by atomic mass is 16.5. The number of amides is 2. The van der Waals surface area contributed by atoms with Gasteiger partial charge < -0.3 is 20.1 Å². The van der Waals surface area contributed by atoms with Gasteiger partial charge in [0.1, 0.15) is 18.2 Å².